The Morgan fingerprint density at radius 1 is 0.950 bits per heavy atom. The van der Waals surface area contributed by atoms with Gasteiger partial charge in [0.25, 0.3) is 0 Å². The summed E-state index contributed by atoms with van der Waals surface area (Å²) in [4.78, 5) is 11.9. The smallest absolute Gasteiger partial charge is 0.133 e. The summed E-state index contributed by atoms with van der Waals surface area (Å²) in [6.07, 6.45) is 13.1. The van der Waals surface area contributed by atoms with Crippen molar-refractivity contribution in [2.45, 2.75) is 78.1 Å². The van der Waals surface area contributed by atoms with Crippen LogP contribution in [0.15, 0.2) is 0 Å². The number of ketones is 1. The Labute approximate surface area is 123 Å². The van der Waals surface area contributed by atoms with Gasteiger partial charge in [-0.05, 0) is 79.4 Å². The fourth-order valence-electron chi connectivity index (χ4n) is 7.04. The Morgan fingerprint density at radius 2 is 1.80 bits per heavy atom. The molecule has 0 saturated heterocycles. The lowest BCUT2D eigenvalue weighted by atomic mass is 9.45. The van der Waals surface area contributed by atoms with Gasteiger partial charge in [0.15, 0.2) is 0 Å². The van der Waals surface area contributed by atoms with Crippen LogP contribution in [-0.4, -0.2) is 5.78 Å². The van der Waals surface area contributed by atoms with Crippen molar-refractivity contribution in [2.75, 3.05) is 0 Å². The Hall–Kier alpha value is -0.330. The molecular weight excluding hydrogens is 244 g/mol. The van der Waals surface area contributed by atoms with Crippen molar-refractivity contribution < 1.29 is 4.79 Å². The molecule has 4 rings (SSSR count). The molecule has 0 heterocycles. The van der Waals surface area contributed by atoms with Crippen molar-refractivity contribution in [3.63, 3.8) is 0 Å². The van der Waals surface area contributed by atoms with Gasteiger partial charge in [0.2, 0.25) is 0 Å². The van der Waals surface area contributed by atoms with Crippen LogP contribution in [0.2, 0.25) is 0 Å². The maximum absolute atomic E-state index is 11.9. The highest BCUT2D eigenvalue weighted by molar-refractivity contribution is 5.79. The number of fused-ring (bicyclic) bond motifs is 5. The lowest BCUT2D eigenvalue weighted by molar-refractivity contribution is -0.137. The largest absolute Gasteiger partial charge is 0.300 e. The SMILES string of the molecule is C[C@]12CCC[C@@H]1[C@@H]1CC[C@H]3CC(=O)CC[C@]3(C)[C@H]1CC2. The first kappa shape index (κ1) is 13.3. The number of rotatable bonds is 0. The normalized spacial score (nSPS) is 55.0. The standard InChI is InChI=1S/C19H30O/c1-18-9-3-4-16(18)15-6-5-13-12-14(20)7-11-19(13,2)17(15)8-10-18/h13,15-17H,3-12H2,1-2H3/t13-,15-,16+,17-,18+,19-/m0/s1. The second kappa shape index (κ2) is 4.34. The van der Waals surface area contributed by atoms with E-state index >= 15 is 0 Å². The Morgan fingerprint density at radius 3 is 2.65 bits per heavy atom. The number of hydrogen-bond acceptors (Lipinski definition) is 1. The molecule has 4 fully saturated rings. The number of hydrogen-bond donors (Lipinski definition) is 0. The molecule has 0 N–H and O–H groups in total. The quantitative estimate of drug-likeness (QED) is 0.608. The van der Waals surface area contributed by atoms with E-state index in [0.29, 0.717) is 16.6 Å². The molecule has 0 amide bonds. The molecule has 112 valence electrons. The number of carbonyl (C=O) groups excluding carboxylic acids is 1. The summed E-state index contributed by atoms with van der Waals surface area (Å²) in [5.74, 6) is 4.20. The molecule has 0 aromatic rings. The lowest BCUT2D eigenvalue weighted by Crippen LogP contribution is -2.52. The van der Waals surface area contributed by atoms with Gasteiger partial charge in [-0.1, -0.05) is 20.3 Å². The molecule has 4 aliphatic carbocycles. The molecule has 0 radical (unpaired) electrons. The first-order valence-electron chi connectivity index (χ1n) is 9.05. The molecule has 20 heavy (non-hydrogen) atoms. The van der Waals surface area contributed by atoms with Crippen molar-refractivity contribution in [3.05, 3.63) is 0 Å². The van der Waals surface area contributed by atoms with Crippen LogP contribution in [0.1, 0.15) is 78.1 Å². The van der Waals surface area contributed by atoms with Gasteiger partial charge < -0.3 is 0 Å². The molecule has 0 bridgehead atoms. The van der Waals surface area contributed by atoms with Crippen LogP contribution in [0.3, 0.4) is 0 Å². The van der Waals surface area contributed by atoms with Gasteiger partial charge >= 0.3 is 0 Å². The number of carbonyl (C=O) groups is 1. The van der Waals surface area contributed by atoms with Crippen molar-refractivity contribution in [1.29, 1.82) is 0 Å². The van der Waals surface area contributed by atoms with Crippen LogP contribution < -0.4 is 0 Å². The maximum atomic E-state index is 11.9. The van der Waals surface area contributed by atoms with Gasteiger partial charge in [0.1, 0.15) is 5.78 Å². The average molecular weight is 274 g/mol. The topological polar surface area (TPSA) is 17.1 Å². The van der Waals surface area contributed by atoms with Crippen LogP contribution in [0, 0.1) is 34.5 Å². The van der Waals surface area contributed by atoms with Gasteiger partial charge in [-0.25, -0.2) is 0 Å². The fourth-order valence-corrected chi connectivity index (χ4v) is 7.04. The molecule has 4 saturated carbocycles. The fraction of sp³-hybridized carbons (Fsp3) is 0.947. The van der Waals surface area contributed by atoms with Gasteiger partial charge in [-0.3, -0.25) is 4.79 Å². The zero-order valence-electron chi connectivity index (χ0n) is 13.3. The zero-order valence-corrected chi connectivity index (χ0v) is 13.3. The van der Waals surface area contributed by atoms with Gasteiger partial charge in [0.05, 0.1) is 0 Å². The van der Waals surface area contributed by atoms with Crippen molar-refractivity contribution >= 4 is 5.78 Å². The van der Waals surface area contributed by atoms with E-state index in [1.54, 1.807) is 0 Å². The zero-order chi connectivity index (χ0) is 14.0. The minimum absolute atomic E-state index is 0.501. The third-order valence-electron chi connectivity index (χ3n) is 8.26. The third-order valence-corrected chi connectivity index (χ3v) is 8.26. The van der Waals surface area contributed by atoms with Crippen LogP contribution in [0.25, 0.3) is 0 Å². The summed E-state index contributed by atoms with van der Waals surface area (Å²) in [5.41, 5.74) is 1.18. The molecular formula is C19H30O. The lowest BCUT2D eigenvalue weighted by Gasteiger charge is -2.59. The Kier molecular flexibility index (Phi) is 2.89. The predicted octanol–water partition coefficient (Wildman–Crippen LogP) is 4.99. The molecule has 6 atom stereocenters. The van der Waals surface area contributed by atoms with E-state index in [1.807, 2.05) is 0 Å². The Balaban J connectivity index is 1.64. The first-order valence-corrected chi connectivity index (χ1v) is 9.05. The van der Waals surface area contributed by atoms with Crippen molar-refractivity contribution in [3.8, 4) is 0 Å². The second-order valence-electron chi connectivity index (χ2n) is 8.98. The van der Waals surface area contributed by atoms with E-state index in [9.17, 15) is 4.79 Å². The first-order chi connectivity index (χ1) is 9.53. The second-order valence-corrected chi connectivity index (χ2v) is 8.98. The monoisotopic (exact) mass is 274 g/mol. The number of Topliss-reactive ketones (excluding diaryl/α,β-unsaturated/α-hetero) is 1. The van der Waals surface area contributed by atoms with Gasteiger partial charge in [-0.15, -0.1) is 0 Å². The van der Waals surface area contributed by atoms with Crippen LogP contribution in [0.4, 0.5) is 0 Å². The molecule has 4 aliphatic rings. The van der Waals surface area contributed by atoms with E-state index < -0.39 is 0 Å². The van der Waals surface area contributed by atoms with Crippen molar-refractivity contribution in [1.82, 2.24) is 0 Å². The van der Waals surface area contributed by atoms with Crippen molar-refractivity contribution in [2.24, 2.45) is 34.5 Å². The van der Waals surface area contributed by atoms with Gasteiger partial charge in [0, 0.05) is 12.8 Å². The minimum Gasteiger partial charge on any atom is -0.300 e. The molecule has 1 nitrogen and oxygen atoms in total. The highest BCUT2D eigenvalue weighted by atomic mass is 16.1. The highest BCUT2D eigenvalue weighted by Gasteiger charge is 2.57. The highest BCUT2D eigenvalue weighted by Crippen LogP contribution is 2.65. The minimum atomic E-state index is 0.501. The molecule has 0 unspecified atom stereocenters. The van der Waals surface area contributed by atoms with E-state index in [0.717, 1.165) is 36.5 Å². The van der Waals surface area contributed by atoms with Crippen LogP contribution in [-0.2, 0) is 4.79 Å². The van der Waals surface area contributed by atoms with E-state index in [-0.39, 0.29) is 0 Å². The van der Waals surface area contributed by atoms with Crippen LogP contribution in [0.5, 0.6) is 0 Å². The van der Waals surface area contributed by atoms with E-state index in [2.05, 4.69) is 13.8 Å². The maximum Gasteiger partial charge on any atom is 0.133 e. The summed E-state index contributed by atoms with van der Waals surface area (Å²) in [5, 5.41) is 0. The molecule has 0 aliphatic heterocycles. The molecule has 1 heteroatoms. The average Bonchev–Trinajstić information content (AvgIpc) is 2.81. The van der Waals surface area contributed by atoms with E-state index in [1.165, 1.54) is 51.4 Å². The molecule has 0 aromatic heterocycles. The Bertz CT molecular complexity index is 427. The molecule has 0 aromatic carbocycles. The summed E-state index contributed by atoms with van der Waals surface area (Å²) in [6.45, 7) is 5.14. The summed E-state index contributed by atoms with van der Waals surface area (Å²) >= 11 is 0. The summed E-state index contributed by atoms with van der Waals surface area (Å²) < 4.78 is 0. The van der Waals surface area contributed by atoms with E-state index in [4.69, 9.17) is 0 Å². The third kappa shape index (κ3) is 1.70. The van der Waals surface area contributed by atoms with Gasteiger partial charge in [-0.2, -0.15) is 0 Å². The van der Waals surface area contributed by atoms with Crippen LogP contribution >= 0.6 is 0 Å². The summed E-state index contributed by atoms with van der Waals surface area (Å²) in [7, 11) is 0. The molecule has 0 spiro atoms. The summed E-state index contributed by atoms with van der Waals surface area (Å²) in [6, 6.07) is 0. The predicted molar refractivity (Wildman–Crippen MR) is 81.4 cm³/mol.